The minimum atomic E-state index is -1.16. The number of amides is 1. The average molecular weight is 198 g/mol. The maximum atomic E-state index is 10.2. The Kier molecular flexibility index (Phi) is 3.50. The van der Waals surface area contributed by atoms with Crippen LogP contribution in [0.3, 0.4) is 0 Å². The SMILES string of the molecule is CC1=CCCC(C(C)=NNC(=O)O)O1. The number of carbonyl (C=O) groups is 1. The third-order valence-corrected chi connectivity index (χ3v) is 1.98. The second-order valence-electron chi connectivity index (χ2n) is 3.17. The number of hydrazone groups is 1. The first-order chi connectivity index (χ1) is 6.59. The van der Waals surface area contributed by atoms with Gasteiger partial charge in [-0.15, -0.1) is 0 Å². The van der Waals surface area contributed by atoms with Gasteiger partial charge in [-0.1, -0.05) is 0 Å². The van der Waals surface area contributed by atoms with Gasteiger partial charge in [-0.2, -0.15) is 5.10 Å². The van der Waals surface area contributed by atoms with Crippen LogP contribution in [0.2, 0.25) is 0 Å². The minimum absolute atomic E-state index is 0.105. The first kappa shape index (κ1) is 10.6. The molecule has 78 valence electrons. The molecule has 1 unspecified atom stereocenters. The quantitative estimate of drug-likeness (QED) is 0.524. The number of carboxylic acid groups (broad SMARTS) is 1. The lowest BCUT2D eigenvalue weighted by molar-refractivity contribution is 0.148. The molecule has 1 aliphatic heterocycles. The molecular weight excluding hydrogens is 184 g/mol. The summed E-state index contributed by atoms with van der Waals surface area (Å²) in [7, 11) is 0. The van der Waals surface area contributed by atoms with Gasteiger partial charge in [0.15, 0.2) is 0 Å². The molecule has 1 atom stereocenters. The van der Waals surface area contributed by atoms with Gasteiger partial charge in [0.05, 0.1) is 11.5 Å². The molecule has 0 aromatic heterocycles. The Morgan fingerprint density at radius 1 is 1.79 bits per heavy atom. The van der Waals surface area contributed by atoms with E-state index in [1.807, 2.05) is 18.4 Å². The summed E-state index contributed by atoms with van der Waals surface area (Å²) in [6.07, 6.45) is 2.53. The van der Waals surface area contributed by atoms with Gasteiger partial charge in [0, 0.05) is 0 Å². The second kappa shape index (κ2) is 4.64. The number of nitrogens with one attached hydrogen (secondary N) is 1. The van der Waals surface area contributed by atoms with Gasteiger partial charge in [-0.05, 0) is 32.8 Å². The van der Waals surface area contributed by atoms with Crippen molar-refractivity contribution in [3.05, 3.63) is 11.8 Å². The molecule has 0 saturated carbocycles. The number of allylic oxidation sites excluding steroid dienone is 2. The zero-order chi connectivity index (χ0) is 10.6. The van der Waals surface area contributed by atoms with E-state index in [2.05, 4.69) is 5.10 Å². The number of rotatable bonds is 2. The summed E-state index contributed by atoms with van der Waals surface area (Å²) in [5.74, 6) is 0.867. The van der Waals surface area contributed by atoms with Crippen LogP contribution in [0.25, 0.3) is 0 Å². The Balaban J connectivity index is 2.52. The molecule has 1 rings (SSSR count). The van der Waals surface area contributed by atoms with E-state index < -0.39 is 6.09 Å². The van der Waals surface area contributed by atoms with Crippen molar-refractivity contribution in [1.82, 2.24) is 5.43 Å². The molecule has 0 aromatic carbocycles. The molecule has 0 saturated heterocycles. The van der Waals surface area contributed by atoms with Crippen molar-refractivity contribution in [2.45, 2.75) is 32.8 Å². The van der Waals surface area contributed by atoms with Crippen LogP contribution in [0, 0.1) is 0 Å². The summed E-state index contributed by atoms with van der Waals surface area (Å²) in [5.41, 5.74) is 2.62. The summed E-state index contributed by atoms with van der Waals surface area (Å²) >= 11 is 0. The van der Waals surface area contributed by atoms with Gasteiger partial charge >= 0.3 is 6.09 Å². The van der Waals surface area contributed by atoms with E-state index in [1.54, 1.807) is 6.92 Å². The molecule has 0 radical (unpaired) electrons. The number of hydrogen-bond donors (Lipinski definition) is 2. The van der Waals surface area contributed by atoms with Crippen LogP contribution in [0.15, 0.2) is 16.9 Å². The minimum Gasteiger partial charge on any atom is -0.489 e. The molecule has 0 spiro atoms. The maximum Gasteiger partial charge on any atom is 0.425 e. The monoisotopic (exact) mass is 198 g/mol. The standard InChI is InChI=1S/C9H14N2O3/c1-6-4-3-5-8(14-6)7(2)10-11-9(12)13/h4,8,11H,3,5H2,1-2H3,(H,12,13). The number of hydrogen-bond acceptors (Lipinski definition) is 3. The lowest BCUT2D eigenvalue weighted by Crippen LogP contribution is -2.27. The van der Waals surface area contributed by atoms with Gasteiger partial charge in [-0.3, -0.25) is 0 Å². The van der Waals surface area contributed by atoms with Crippen molar-refractivity contribution in [2.24, 2.45) is 5.10 Å². The van der Waals surface area contributed by atoms with Crippen molar-refractivity contribution < 1.29 is 14.6 Å². The van der Waals surface area contributed by atoms with Gasteiger partial charge in [-0.25, -0.2) is 10.2 Å². The van der Waals surface area contributed by atoms with Crippen LogP contribution in [0.1, 0.15) is 26.7 Å². The topological polar surface area (TPSA) is 70.9 Å². The molecule has 0 aromatic rings. The molecule has 5 nitrogen and oxygen atoms in total. The zero-order valence-electron chi connectivity index (χ0n) is 8.28. The third-order valence-electron chi connectivity index (χ3n) is 1.98. The van der Waals surface area contributed by atoms with Crippen molar-refractivity contribution in [3.8, 4) is 0 Å². The molecule has 0 fully saturated rings. The fourth-order valence-corrected chi connectivity index (χ4v) is 1.27. The van der Waals surface area contributed by atoms with E-state index in [4.69, 9.17) is 9.84 Å². The van der Waals surface area contributed by atoms with Crippen molar-refractivity contribution in [2.75, 3.05) is 0 Å². The van der Waals surface area contributed by atoms with Crippen molar-refractivity contribution in [3.63, 3.8) is 0 Å². The van der Waals surface area contributed by atoms with E-state index in [0.717, 1.165) is 18.6 Å². The maximum absolute atomic E-state index is 10.2. The van der Waals surface area contributed by atoms with Crippen LogP contribution in [-0.4, -0.2) is 23.0 Å². The summed E-state index contributed by atoms with van der Waals surface area (Å²) < 4.78 is 5.48. The molecule has 0 aliphatic carbocycles. The first-order valence-corrected chi connectivity index (χ1v) is 4.46. The average Bonchev–Trinajstić information content (AvgIpc) is 2.14. The molecule has 5 heteroatoms. The molecule has 2 N–H and O–H groups in total. The third kappa shape index (κ3) is 3.08. The molecule has 0 bridgehead atoms. The van der Waals surface area contributed by atoms with Crippen molar-refractivity contribution >= 4 is 11.8 Å². The Morgan fingerprint density at radius 3 is 3.07 bits per heavy atom. The fourth-order valence-electron chi connectivity index (χ4n) is 1.27. The summed E-state index contributed by atoms with van der Waals surface area (Å²) in [6, 6.07) is 0. The van der Waals surface area contributed by atoms with E-state index in [-0.39, 0.29) is 6.10 Å². The van der Waals surface area contributed by atoms with Gasteiger partial charge in [0.25, 0.3) is 0 Å². The molecule has 1 aliphatic rings. The van der Waals surface area contributed by atoms with Crippen LogP contribution < -0.4 is 5.43 Å². The van der Waals surface area contributed by atoms with Crippen LogP contribution >= 0.6 is 0 Å². The molecule has 1 amide bonds. The highest BCUT2D eigenvalue weighted by Gasteiger charge is 2.17. The predicted octanol–water partition coefficient (Wildman–Crippen LogP) is 1.71. The lowest BCUT2D eigenvalue weighted by atomic mass is 10.1. The van der Waals surface area contributed by atoms with Crippen LogP contribution in [0.4, 0.5) is 4.79 Å². The molecular formula is C9H14N2O3. The predicted molar refractivity (Wildman–Crippen MR) is 52.1 cm³/mol. The lowest BCUT2D eigenvalue weighted by Gasteiger charge is -2.22. The fraction of sp³-hybridized carbons (Fsp3) is 0.556. The number of nitrogens with zero attached hydrogens (tertiary/aromatic N) is 1. The summed E-state index contributed by atoms with van der Waals surface area (Å²) in [4.78, 5) is 10.2. The first-order valence-electron chi connectivity index (χ1n) is 4.46. The Hall–Kier alpha value is -1.52. The van der Waals surface area contributed by atoms with Crippen molar-refractivity contribution in [1.29, 1.82) is 0 Å². The Morgan fingerprint density at radius 2 is 2.50 bits per heavy atom. The van der Waals surface area contributed by atoms with Crippen LogP contribution in [-0.2, 0) is 4.74 Å². The van der Waals surface area contributed by atoms with E-state index in [0.29, 0.717) is 5.71 Å². The van der Waals surface area contributed by atoms with E-state index in [9.17, 15) is 4.79 Å². The summed E-state index contributed by atoms with van der Waals surface area (Å²) in [6.45, 7) is 3.63. The smallest absolute Gasteiger partial charge is 0.425 e. The Labute approximate surface area is 82.4 Å². The van der Waals surface area contributed by atoms with E-state index >= 15 is 0 Å². The Bertz CT molecular complexity index is 284. The van der Waals surface area contributed by atoms with Gasteiger partial charge < -0.3 is 9.84 Å². The highest BCUT2D eigenvalue weighted by molar-refractivity contribution is 5.87. The number of ether oxygens (including phenoxy) is 1. The van der Waals surface area contributed by atoms with Gasteiger partial charge in [0.2, 0.25) is 0 Å². The van der Waals surface area contributed by atoms with E-state index in [1.165, 1.54) is 0 Å². The summed E-state index contributed by atoms with van der Waals surface area (Å²) in [5, 5.41) is 12.0. The molecule has 14 heavy (non-hydrogen) atoms. The highest BCUT2D eigenvalue weighted by Crippen LogP contribution is 2.17. The zero-order valence-corrected chi connectivity index (χ0v) is 8.28. The highest BCUT2D eigenvalue weighted by atomic mass is 16.5. The van der Waals surface area contributed by atoms with Crippen LogP contribution in [0.5, 0.6) is 0 Å². The normalized spacial score (nSPS) is 22.3. The largest absolute Gasteiger partial charge is 0.489 e. The molecule has 1 heterocycles. The van der Waals surface area contributed by atoms with Gasteiger partial charge in [0.1, 0.15) is 6.10 Å². The second-order valence-corrected chi connectivity index (χ2v) is 3.17.